The van der Waals surface area contributed by atoms with Gasteiger partial charge in [-0.05, 0) is 36.6 Å². The maximum atomic E-state index is 10.3. The van der Waals surface area contributed by atoms with Crippen molar-refractivity contribution in [2.75, 3.05) is 6.67 Å². The number of hydrogen-bond donors (Lipinski definition) is 1. The fraction of sp³-hybridized carbons (Fsp3) is 0.385. The van der Waals surface area contributed by atoms with Crippen molar-refractivity contribution in [3.8, 4) is 5.75 Å². The van der Waals surface area contributed by atoms with Crippen LogP contribution in [-0.4, -0.2) is 11.8 Å². The molecule has 3 aromatic rings. The SMILES string of the molecule is CC.CC.CCCC.Cc1ccc2ccc(N=NCN=Nc3ccccc3)c(O)c2c1. The number of nitrogens with zero attached hydrogens (tertiary/aromatic N) is 4. The monoisotopic (exact) mass is 422 g/mol. The third kappa shape index (κ3) is 10.5. The summed E-state index contributed by atoms with van der Waals surface area (Å²) in [6, 6.07) is 19.0. The van der Waals surface area contributed by atoms with Gasteiger partial charge in [-0.2, -0.15) is 20.5 Å². The second-order valence-corrected chi connectivity index (χ2v) is 6.12. The van der Waals surface area contributed by atoms with Crippen LogP contribution in [0.1, 0.15) is 59.9 Å². The van der Waals surface area contributed by atoms with Crippen LogP contribution in [0.5, 0.6) is 5.75 Å². The van der Waals surface area contributed by atoms with Gasteiger partial charge >= 0.3 is 0 Å². The van der Waals surface area contributed by atoms with E-state index in [0.29, 0.717) is 5.69 Å². The Morgan fingerprint density at radius 2 is 1.32 bits per heavy atom. The molecule has 0 fully saturated rings. The van der Waals surface area contributed by atoms with E-state index >= 15 is 0 Å². The van der Waals surface area contributed by atoms with E-state index < -0.39 is 0 Å². The summed E-state index contributed by atoms with van der Waals surface area (Å²) < 4.78 is 0. The van der Waals surface area contributed by atoms with Gasteiger partial charge in [0.25, 0.3) is 0 Å². The van der Waals surface area contributed by atoms with E-state index in [1.165, 1.54) is 12.8 Å². The van der Waals surface area contributed by atoms with Gasteiger partial charge in [-0.15, -0.1) is 0 Å². The third-order valence-corrected chi connectivity index (χ3v) is 3.87. The summed E-state index contributed by atoms with van der Waals surface area (Å²) in [5.74, 6) is 0.134. The van der Waals surface area contributed by atoms with Gasteiger partial charge in [-0.1, -0.05) is 96.3 Å². The van der Waals surface area contributed by atoms with E-state index in [-0.39, 0.29) is 12.4 Å². The van der Waals surface area contributed by atoms with Crippen LogP contribution < -0.4 is 0 Å². The van der Waals surface area contributed by atoms with Gasteiger partial charge in [0.1, 0.15) is 5.69 Å². The van der Waals surface area contributed by atoms with Gasteiger partial charge in [0.15, 0.2) is 12.4 Å². The minimum atomic E-state index is 0.111. The molecule has 0 heterocycles. The average molecular weight is 423 g/mol. The fourth-order valence-electron chi connectivity index (χ4n) is 2.23. The van der Waals surface area contributed by atoms with Crippen molar-refractivity contribution in [3.63, 3.8) is 0 Å². The van der Waals surface area contributed by atoms with Crippen molar-refractivity contribution in [3.05, 3.63) is 66.2 Å². The summed E-state index contributed by atoms with van der Waals surface area (Å²) >= 11 is 0. The first-order valence-corrected chi connectivity index (χ1v) is 11.2. The molecule has 31 heavy (non-hydrogen) atoms. The van der Waals surface area contributed by atoms with Crippen LogP contribution >= 0.6 is 0 Å². The van der Waals surface area contributed by atoms with Crippen LogP contribution in [0.2, 0.25) is 0 Å². The van der Waals surface area contributed by atoms with Gasteiger partial charge in [-0.25, -0.2) is 0 Å². The summed E-state index contributed by atoms with van der Waals surface area (Å²) in [5, 5.41) is 28.0. The highest BCUT2D eigenvalue weighted by Crippen LogP contribution is 2.35. The van der Waals surface area contributed by atoms with E-state index in [9.17, 15) is 5.11 Å². The Kier molecular flexibility index (Phi) is 16.0. The molecule has 0 spiro atoms. The summed E-state index contributed by atoms with van der Waals surface area (Å²) in [6.07, 6.45) is 2.64. The molecular formula is C26H38N4O. The predicted octanol–water partition coefficient (Wildman–Crippen LogP) is 9.54. The zero-order valence-electron chi connectivity index (χ0n) is 20.1. The molecule has 0 saturated carbocycles. The standard InChI is InChI=1S/C18H16N4O.C4H10.2C2H6/c1-13-7-8-14-9-10-17(18(23)16(14)11-13)22-20-12-19-21-15-5-3-2-4-6-15;1-3-4-2;2*1-2/h2-11,23H,12H2,1H3;3-4H2,1-2H3;2*1-2H3. The first-order valence-electron chi connectivity index (χ1n) is 11.2. The fourth-order valence-corrected chi connectivity index (χ4v) is 2.23. The maximum absolute atomic E-state index is 10.3. The number of benzene rings is 3. The predicted molar refractivity (Wildman–Crippen MR) is 134 cm³/mol. The van der Waals surface area contributed by atoms with Crippen molar-refractivity contribution in [1.82, 2.24) is 0 Å². The second-order valence-electron chi connectivity index (χ2n) is 6.12. The average Bonchev–Trinajstić information content (AvgIpc) is 2.84. The number of phenols is 1. The smallest absolute Gasteiger partial charge is 0.171 e. The Hall–Kier alpha value is -3.08. The summed E-state index contributed by atoms with van der Waals surface area (Å²) in [7, 11) is 0. The molecule has 0 radical (unpaired) electrons. The van der Waals surface area contributed by atoms with Crippen LogP contribution in [0.4, 0.5) is 11.4 Å². The Morgan fingerprint density at radius 3 is 1.94 bits per heavy atom. The van der Waals surface area contributed by atoms with Gasteiger partial charge in [0.2, 0.25) is 0 Å². The topological polar surface area (TPSA) is 69.7 Å². The molecule has 0 unspecified atom stereocenters. The third-order valence-electron chi connectivity index (χ3n) is 3.87. The first kappa shape index (κ1) is 27.9. The molecule has 0 saturated heterocycles. The molecule has 5 nitrogen and oxygen atoms in total. The van der Waals surface area contributed by atoms with Crippen LogP contribution in [0.3, 0.4) is 0 Å². The number of phenolic OH excluding ortho intramolecular Hbond substituents is 1. The van der Waals surface area contributed by atoms with Crippen molar-refractivity contribution in [1.29, 1.82) is 0 Å². The minimum absolute atomic E-state index is 0.111. The molecule has 1 N–H and O–H groups in total. The molecule has 0 aliphatic rings. The highest BCUT2D eigenvalue weighted by molar-refractivity contribution is 5.92. The van der Waals surface area contributed by atoms with Crippen LogP contribution in [0.15, 0.2) is 81.1 Å². The van der Waals surface area contributed by atoms with Crippen molar-refractivity contribution in [2.24, 2.45) is 20.5 Å². The van der Waals surface area contributed by atoms with Crippen molar-refractivity contribution >= 4 is 22.1 Å². The maximum Gasteiger partial charge on any atom is 0.171 e. The molecular weight excluding hydrogens is 384 g/mol. The largest absolute Gasteiger partial charge is 0.505 e. The quantitative estimate of drug-likeness (QED) is 0.408. The highest BCUT2D eigenvalue weighted by Gasteiger charge is 2.05. The lowest BCUT2D eigenvalue weighted by molar-refractivity contribution is 0.482. The van der Waals surface area contributed by atoms with Gasteiger partial charge in [0.05, 0.1) is 5.69 Å². The lowest BCUT2D eigenvalue weighted by atomic mass is 10.1. The number of aryl methyl sites for hydroxylation is 1. The summed E-state index contributed by atoms with van der Waals surface area (Å²) in [5.41, 5.74) is 2.28. The summed E-state index contributed by atoms with van der Waals surface area (Å²) in [4.78, 5) is 0. The molecule has 0 bridgehead atoms. The van der Waals surface area contributed by atoms with Crippen molar-refractivity contribution in [2.45, 2.75) is 61.3 Å². The van der Waals surface area contributed by atoms with E-state index in [2.05, 4.69) is 34.3 Å². The summed E-state index contributed by atoms with van der Waals surface area (Å²) in [6.45, 7) is 14.5. The molecule has 3 rings (SSSR count). The Bertz CT molecular complexity index is 904. The molecule has 0 amide bonds. The Balaban J connectivity index is 0.000000992. The van der Waals surface area contributed by atoms with E-state index in [1.54, 1.807) is 6.07 Å². The zero-order valence-corrected chi connectivity index (χ0v) is 20.1. The molecule has 0 aliphatic carbocycles. The van der Waals surface area contributed by atoms with Gasteiger partial charge < -0.3 is 5.11 Å². The number of hydrogen-bond acceptors (Lipinski definition) is 5. The molecule has 5 heteroatoms. The van der Waals surface area contributed by atoms with E-state index in [4.69, 9.17) is 0 Å². The number of unbranched alkanes of at least 4 members (excludes halogenated alkanes) is 1. The van der Waals surface area contributed by atoms with E-state index in [1.807, 2.05) is 89.2 Å². The zero-order chi connectivity index (χ0) is 23.5. The Morgan fingerprint density at radius 1 is 0.742 bits per heavy atom. The number of rotatable bonds is 5. The van der Waals surface area contributed by atoms with Gasteiger partial charge in [-0.3, -0.25) is 0 Å². The number of fused-ring (bicyclic) bond motifs is 1. The highest BCUT2D eigenvalue weighted by atomic mass is 16.3. The lowest BCUT2D eigenvalue weighted by Crippen LogP contribution is -1.78. The van der Waals surface area contributed by atoms with Crippen molar-refractivity contribution < 1.29 is 5.11 Å². The molecule has 0 atom stereocenters. The molecule has 0 aromatic heterocycles. The van der Waals surface area contributed by atoms with E-state index in [0.717, 1.165) is 22.0 Å². The second kappa shape index (κ2) is 17.8. The van der Waals surface area contributed by atoms with Crippen LogP contribution in [0, 0.1) is 6.92 Å². The molecule has 168 valence electrons. The van der Waals surface area contributed by atoms with Crippen LogP contribution in [-0.2, 0) is 0 Å². The molecule has 0 aliphatic heterocycles. The first-order chi connectivity index (χ1) is 15.2. The lowest BCUT2D eigenvalue weighted by Gasteiger charge is -2.04. The number of aromatic hydroxyl groups is 1. The number of azo groups is 2. The normalized spacial score (nSPS) is 10.0. The minimum Gasteiger partial charge on any atom is -0.505 e. The molecule has 3 aromatic carbocycles. The van der Waals surface area contributed by atoms with Crippen LogP contribution in [0.25, 0.3) is 10.8 Å². The van der Waals surface area contributed by atoms with Gasteiger partial charge in [0, 0.05) is 5.39 Å². The Labute approximate surface area is 188 Å².